The molecule has 39 heteroatoms. The van der Waals surface area contributed by atoms with E-state index in [4.69, 9.17) is 66.3 Å². The van der Waals surface area contributed by atoms with E-state index in [0.29, 0.717) is 12.8 Å². The smallest absolute Gasteiger partial charge is 0.230 e. The maximum absolute atomic E-state index is 13.5. The molecular weight excluding hydrogens is 1270 g/mol. The summed E-state index contributed by atoms with van der Waals surface area (Å²) in [6, 6.07) is -0.441. The van der Waals surface area contributed by atoms with Crippen molar-refractivity contribution in [1.82, 2.24) is 10.4 Å². The Bertz CT molecular complexity index is 2320. The Balaban J connectivity index is 0.999. The van der Waals surface area contributed by atoms with Crippen molar-refractivity contribution in [1.29, 1.82) is 0 Å². The van der Waals surface area contributed by atoms with Gasteiger partial charge in [0.25, 0.3) is 0 Å². The van der Waals surface area contributed by atoms with Gasteiger partial charge in [0.15, 0.2) is 44.0 Å². The average molecular weight is 1360 g/mol. The number of thioether (sulfide) groups is 1. The van der Waals surface area contributed by atoms with Crippen LogP contribution in [0.1, 0.15) is 40.5 Å². The van der Waals surface area contributed by atoms with Gasteiger partial charge in [-0.05, 0) is 40.5 Å². The van der Waals surface area contributed by atoms with E-state index >= 15 is 0 Å². The topological polar surface area (TPSA) is 586 Å². The highest BCUT2D eigenvalue weighted by molar-refractivity contribution is 8.00. The molecule has 1 amide bonds. The molecule has 38 nitrogen and oxygen atoms in total. The first kappa shape index (κ1) is 74.6. The number of rotatable bonds is 11. The quantitative estimate of drug-likeness (QED) is 0.0913. The Hall–Kier alpha value is -1.62. The molecule has 22 saturated heterocycles. The second-order valence-electron chi connectivity index (χ2n) is 25.6. The predicted molar refractivity (Wildman–Crippen MR) is 291 cm³/mol. The molecule has 0 aliphatic carbocycles. The number of aliphatic hydroxyl groups is 20. The number of ether oxygens (including phenoxy) is 14. The van der Waals surface area contributed by atoms with Gasteiger partial charge < -0.3 is 174 Å². The third-order valence-electron chi connectivity index (χ3n) is 18.1. The molecule has 0 aromatic heterocycles. The Morgan fingerprint density at radius 3 is 0.750 bits per heavy atom. The maximum Gasteiger partial charge on any atom is 0.230 e. The first-order valence-electron chi connectivity index (χ1n) is 30.1. The van der Waals surface area contributed by atoms with Gasteiger partial charge in [0.05, 0.1) is 51.5 Å². The molecule has 21 N–H and O–H groups in total. The van der Waals surface area contributed by atoms with Crippen LogP contribution in [-0.4, -0.2) is 396 Å². The Morgan fingerprint density at radius 1 is 0.348 bits per heavy atom. The molecule has 0 unspecified atom stereocenters. The molecule has 22 fully saturated rings. The molecule has 92 heavy (non-hydrogen) atoms. The summed E-state index contributed by atoms with van der Waals surface area (Å²) in [7, 11) is 0. The summed E-state index contributed by atoms with van der Waals surface area (Å²) in [4.78, 5) is 13.5. The van der Waals surface area contributed by atoms with Gasteiger partial charge in [-0.25, -0.2) is 0 Å². The third kappa shape index (κ3) is 15.2. The SMILES string of the molecule is CC1(C)CC(NC(=O)CSC[C@@H]2O[C@@H]3O[C@H]4[C@@H](O)[C@@H](O)[C@@H](O[C@H]5[C@@H](O)[C@H](O)[C@@H](O[C@H]6[C@H](O)[C@@H](O)[C@@H](O[C@H]7[C@H](O)[C@@H](O)[C@@H](O[C@H]8[C@H](O)[C@@H](O)[C@@H](O[C@H]9[C@H](O)[C@@H](O)[C@@H](O[C@H]2[C@H](O)[C@H]3O)O[C@H]9CO)O[C@H]8CO)O[C@H]7CO)O[C@@H]6CO)O[C@@H]5CO)O[C@@H]4CO)CC(C)(C)N1[O]. The predicted octanol–water partition coefficient (Wildman–Crippen LogP) is -13.0. The Morgan fingerprint density at radius 2 is 0.543 bits per heavy atom. The van der Waals surface area contributed by atoms with Crippen LogP contribution in [0.15, 0.2) is 0 Å². The lowest BCUT2D eigenvalue weighted by atomic mass is 9.79. The second kappa shape index (κ2) is 30.9. The van der Waals surface area contributed by atoms with Gasteiger partial charge in [-0.15, -0.1) is 22.0 Å². The Kier molecular flexibility index (Phi) is 25.0. The van der Waals surface area contributed by atoms with Crippen molar-refractivity contribution in [3.05, 3.63) is 0 Å². The molecule has 0 saturated carbocycles. The maximum atomic E-state index is 13.5. The van der Waals surface area contributed by atoms with Crippen molar-refractivity contribution in [2.45, 2.75) is 273 Å². The zero-order valence-electron chi connectivity index (χ0n) is 50.2. The monoisotopic (exact) mass is 1360 g/mol. The van der Waals surface area contributed by atoms with E-state index < -0.39 is 278 Å². The minimum atomic E-state index is -2.24. The number of aliphatic hydroxyl groups excluding tert-OH is 20. The number of nitrogens with one attached hydrogen (secondary N) is 1. The molecule has 22 rings (SSSR count). The lowest BCUT2D eigenvalue weighted by Crippen LogP contribution is -2.68. The van der Waals surface area contributed by atoms with Crippen LogP contribution in [0.25, 0.3) is 0 Å². The van der Waals surface area contributed by atoms with E-state index in [0.717, 1.165) is 16.8 Å². The van der Waals surface area contributed by atoms with Gasteiger partial charge in [0, 0.05) is 22.9 Å². The van der Waals surface area contributed by atoms with E-state index in [-0.39, 0.29) is 11.5 Å². The minimum absolute atomic E-state index is 0.292. The van der Waals surface area contributed by atoms with E-state index in [1.807, 2.05) is 0 Å². The number of hydroxylamine groups is 2. The van der Waals surface area contributed by atoms with E-state index in [9.17, 15) is 112 Å². The summed E-state index contributed by atoms with van der Waals surface area (Å²) in [6.07, 6.45) is -70.3. The van der Waals surface area contributed by atoms with Crippen LogP contribution in [0.3, 0.4) is 0 Å². The summed E-state index contributed by atoms with van der Waals surface area (Å²) in [5.74, 6) is -1.16. The first-order valence-corrected chi connectivity index (χ1v) is 31.3. The number of nitrogens with zero attached hydrogens (tertiary/aromatic N) is 1. The molecule has 14 bridgehead atoms. The molecule has 22 aliphatic heterocycles. The summed E-state index contributed by atoms with van der Waals surface area (Å²) in [6.45, 7) is 0.572. The second-order valence-corrected chi connectivity index (χ2v) is 26.6. The Labute approximate surface area is 528 Å². The molecule has 1 radical (unpaired) electrons. The molecule has 22 heterocycles. The fraction of sp³-hybridized carbons (Fsp3) is 0.981. The highest BCUT2D eigenvalue weighted by Crippen LogP contribution is 2.41. The molecule has 0 spiro atoms. The molecular formula is C53H89N2O36S. The molecule has 0 aromatic carbocycles. The van der Waals surface area contributed by atoms with Gasteiger partial charge >= 0.3 is 0 Å². The lowest BCUT2D eigenvalue weighted by Gasteiger charge is -2.50. The normalized spacial score (nSPS) is 50.8. The van der Waals surface area contributed by atoms with E-state index in [1.54, 1.807) is 27.7 Å². The van der Waals surface area contributed by atoms with Crippen LogP contribution in [-0.2, 0) is 76.3 Å². The van der Waals surface area contributed by atoms with Gasteiger partial charge in [0.2, 0.25) is 5.91 Å². The minimum Gasteiger partial charge on any atom is -0.394 e. The van der Waals surface area contributed by atoms with Gasteiger partial charge in [-0.3, -0.25) is 4.79 Å². The summed E-state index contributed by atoms with van der Waals surface area (Å²) < 4.78 is 81.5. The van der Waals surface area contributed by atoms with Crippen molar-refractivity contribution < 1.29 is 178 Å². The van der Waals surface area contributed by atoms with Crippen molar-refractivity contribution in [3.63, 3.8) is 0 Å². The number of piperidine rings is 1. The van der Waals surface area contributed by atoms with Crippen LogP contribution in [0, 0.1) is 0 Å². The number of carbonyl (C=O) groups excluding carboxylic acids is 1. The van der Waals surface area contributed by atoms with Crippen LogP contribution in [0.5, 0.6) is 0 Å². The number of carbonyl (C=O) groups is 1. The van der Waals surface area contributed by atoms with Crippen molar-refractivity contribution in [3.8, 4) is 0 Å². The van der Waals surface area contributed by atoms with Gasteiger partial charge in [-0.1, -0.05) is 0 Å². The number of hydrogen-bond acceptors (Lipinski definition) is 37. The third-order valence-corrected chi connectivity index (χ3v) is 19.1. The largest absolute Gasteiger partial charge is 0.394 e. The number of amides is 1. The number of hydrogen-bond donors (Lipinski definition) is 21. The van der Waals surface area contributed by atoms with Crippen LogP contribution in [0.4, 0.5) is 0 Å². The van der Waals surface area contributed by atoms with Crippen LogP contribution in [0.2, 0.25) is 0 Å². The van der Waals surface area contributed by atoms with Crippen molar-refractivity contribution in [2.24, 2.45) is 0 Å². The van der Waals surface area contributed by atoms with Gasteiger partial charge in [-0.2, -0.15) is 0 Å². The summed E-state index contributed by atoms with van der Waals surface area (Å²) in [5, 5.41) is 242. The molecule has 533 valence electrons. The lowest BCUT2D eigenvalue weighted by molar-refractivity contribution is -0.396. The molecule has 22 aliphatic rings. The zero-order chi connectivity index (χ0) is 67.3. The zero-order valence-corrected chi connectivity index (χ0v) is 51.0. The standard InChI is InChI=1S/C53H89N2O36S/c1-52(2)5-15(6-53(3,4)55(52)77)54-23(62)14-92-13-22-44-30(69)37(76)51(84-22)90-43-21(12-61)82-49(35(74)28(43)67)88-41-19(10-59)80-47(33(72)26(41)65)86-39-17(8-57)78-45(31(70)24(39)63)85-38-16(7-56)79-46(32(71)25(38)64)87-40-18(9-58)81-48(34(73)27(40)66)89-42-20(11-60)83-50(91-44)36(75)29(42)68/h15-22,24-51,56-61,63-76H,5-14H2,1-4H3,(H,54,62)/t16-,17+,18-,19+,20-,21+,22-,24+,25+,26-,27+,28-,29+,30+,31+,32+,33-,34+,35+,36+,37+,38+,39+,40+,41+,42+,43+,44+,45+,46+,47+,48+,49+,50+,51+/m0/s1. The van der Waals surface area contributed by atoms with Crippen molar-refractivity contribution >= 4 is 17.7 Å². The average Bonchev–Trinajstić information content (AvgIpc) is 0.804. The fourth-order valence-corrected chi connectivity index (χ4v) is 14.2. The highest BCUT2D eigenvalue weighted by atomic mass is 32.2. The van der Waals surface area contributed by atoms with Crippen LogP contribution >= 0.6 is 11.8 Å². The molecule has 35 atom stereocenters. The van der Waals surface area contributed by atoms with Gasteiger partial charge in [0.1, 0.15) is 165 Å². The van der Waals surface area contributed by atoms with Crippen molar-refractivity contribution in [2.75, 3.05) is 51.1 Å². The highest BCUT2D eigenvalue weighted by Gasteiger charge is 2.60. The summed E-state index contributed by atoms with van der Waals surface area (Å²) >= 11 is 0.888. The summed E-state index contributed by atoms with van der Waals surface area (Å²) in [5.41, 5.74) is -1.71. The van der Waals surface area contributed by atoms with Crippen LogP contribution < -0.4 is 5.32 Å². The first-order chi connectivity index (χ1) is 43.4. The van der Waals surface area contributed by atoms with E-state index in [2.05, 4.69) is 5.32 Å². The molecule has 0 aromatic rings. The van der Waals surface area contributed by atoms with E-state index in [1.165, 1.54) is 0 Å². The fourth-order valence-electron chi connectivity index (χ4n) is 13.3.